The number of hydrogen-bond donors (Lipinski definition) is 1. The van der Waals surface area contributed by atoms with Crippen LogP contribution in [0.5, 0.6) is 0 Å². The van der Waals surface area contributed by atoms with Gasteiger partial charge in [0.05, 0.1) is 4.34 Å². The van der Waals surface area contributed by atoms with Crippen molar-refractivity contribution < 1.29 is 0 Å². The first kappa shape index (κ1) is 13.8. The summed E-state index contributed by atoms with van der Waals surface area (Å²) in [5, 5.41) is 4.21. The largest absolute Gasteiger partial charge is 0.311 e. The standard InChI is InChI=1S/C12H14ClN3S2/c1-9-6-15-12(16-7-9)17-5-4-14-8-10-2-3-11(13)18-10/h2-3,6-7,14H,4-5,8H2,1H3. The quantitative estimate of drug-likeness (QED) is 0.504. The molecule has 0 aromatic carbocycles. The van der Waals surface area contributed by atoms with Crippen molar-refractivity contribution in [1.82, 2.24) is 15.3 Å². The summed E-state index contributed by atoms with van der Waals surface area (Å²) in [5.41, 5.74) is 1.09. The molecule has 18 heavy (non-hydrogen) atoms. The molecule has 0 aliphatic rings. The summed E-state index contributed by atoms with van der Waals surface area (Å²) < 4.78 is 0.842. The lowest BCUT2D eigenvalue weighted by Gasteiger charge is -2.02. The lowest BCUT2D eigenvalue weighted by atomic mass is 10.4. The molecule has 2 heterocycles. The molecule has 1 N–H and O–H groups in total. The Morgan fingerprint density at radius 2 is 2.11 bits per heavy atom. The predicted octanol–water partition coefficient (Wildman–Crippen LogP) is 3.38. The number of thiophene rings is 1. The second-order valence-corrected chi connectivity index (χ2v) is 6.64. The summed E-state index contributed by atoms with van der Waals surface area (Å²) in [6.45, 7) is 3.78. The maximum Gasteiger partial charge on any atom is 0.187 e. The third-order valence-electron chi connectivity index (χ3n) is 2.20. The average molecular weight is 300 g/mol. The zero-order valence-electron chi connectivity index (χ0n) is 10.0. The highest BCUT2D eigenvalue weighted by Gasteiger charge is 1.99. The van der Waals surface area contributed by atoms with E-state index < -0.39 is 0 Å². The van der Waals surface area contributed by atoms with Gasteiger partial charge in [0, 0.05) is 36.1 Å². The average Bonchev–Trinajstić information content (AvgIpc) is 2.77. The van der Waals surface area contributed by atoms with Crippen LogP contribution in [0.1, 0.15) is 10.4 Å². The second kappa shape index (κ2) is 7.09. The zero-order valence-corrected chi connectivity index (χ0v) is 12.4. The summed E-state index contributed by atoms with van der Waals surface area (Å²) in [5.74, 6) is 0.960. The zero-order chi connectivity index (χ0) is 12.8. The van der Waals surface area contributed by atoms with Crippen molar-refractivity contribution in [3.8, 4) is 0 Å². The Morgan fingerprint density at radius 1 is 1.33 bits per heavy atom. The number of aryl methyl sites for hydroxylation is 1. The summed E-state index contributed by atoms with van der Waals surface area (Å²) in [6.07, 6.45) is 3.69. The molecule has 0 aliphatic carbocycles. The Hall–Kier alpha value is -0.620. The number of halogens is 1. The molecule has 2 rings (SSSR count). The Morgan fingerprint density at radius 3 is 2.78 bits per heavy atom. The fourth-order valence-electron chi connectivity index (χ4n) is 1.33. The van der Waals surface area contributed by atoms with Gasteiger partial charge in [-0.2, -0.15) is 0 Å². The molecule has 96 valence electrons. The maximum atomic E-state index is 5.86. The van der Waals surface area contributed by atoms with Crippen LogP contribution in [0.2, 0.25) is 4.34 Å². The summed E-state index contributed by atoms with van der Waals surface area (Å²) >= 11 is 9.14. The molecule has 0 unspecified atom stereocenters. The van der Waals surface area contributed by atoms with Crippen LogP contribution in [0.25, 0.3) is 0 Å². The molecular weight excluding hydrogens is 286 g/mol. The topological polar surface area (TPSA) is 37.8 Å². The molecular formula is C12H14ClN3S2. The van der Waals surface area contributed by atoms with E-state index in [1.54, 1.807) is 23.1 Å². The van der Waals surface area contributed by atoms with Crippen LogP contribution in [0.15, 0.2) is 29.7 Å². The van der Waals surface area contributed by atoms with Crippen molar-refractivity contribution in [2.75, 3.05) is 12.3 Å². The first-order chi connectivity index (χ1) is 8.74. The molecule has 2 aromatic rings. The molecule has 0 saturated carbocycles. The van der Waals surface area contributed by atoms with Crippen molar-refractivity contribution in [3.05, 3.63) is 39.3 Å². The van der Waals surface area contributed by atoms with Crippen LogP contribution in [-0.2, 0) is 6.54 Å². The fourth-order valence-corrected chi connectivity index (χ4v) is 3.07. The Kier molecular flexibility index (Phi) is 5.44. The van der Waals surface area contributed by atoms with E-state index >= 15 is 0 Å². The van der Waals surface area contributed by atoms with Crippen LogP contribution < -0.4 is 5.32 Å². The lowest BCUT2D eigenvalue weighted by molar-refractivity contribution is 0.740. The second-order valence-electron chi connectivity index (χ2n) is 3.77. The van der Waals surface area contributed by atoms with Gasteiger partial charge in [-0.25, -0.2) is 9.97 Å². The molecule has 2 aromatic heterocycles. The van der Waals surface area contributed by atoms with Gasteiger partial charge in [-0.05, 0) is 24.6 Å². The predicted molar refractivity (Wildman–Crippen MR) is 78.5 cm³/mol. The van der Waals surface area contributed by atoms with Crippen LogP contribution in [0, 0.1) is 6.92 Å². The van der Waals surface area contributed by atoms with E-state index in [1.165, 1.54) is 4.88 Å². The number of aromatic nitrogens is 2. The number of hydrogen-bond acceptors (Lipinski definition) is 5. The highest BCUT2D eigenvalue weighted by Crippen LogP contribution is 2.21. The lowest BCUT2D eigenvalue weighted by Crippen LogP contribution is -2.15. The summed E-state index contributed by atoms with van der Waals surface area (Å²) in [7, 11) is 0. The SMILES string of the molecule is Cc1cnc(SCCNCc2ccc(Cl)s2)nc1. The Balaban J connectivity index is 1.63. The van der Waals surface area contributed by atoms with Crippen molar-refractivity contribution in [2.45, 2.75) is 18.6 Å². The Bertz CT molecular complexity index is 484. The third-order valence-corrected chi connectivity index (χ3v) is 4.30. The minimum Gasteiger partial charge on any atom is -0.311 e. The van der Waals surface area contributed by atoms with Gasteiger partial charge in [-0.15, -0.1) is 11.3 Å². The molecule has 0 aliphatic heterocycles. The fraction of sp³-hybridized carbons (Fsp3) is 0.333. The van der Waals surface area contributed by atoms with E-state index in [-0.39, 0.29) is 0 Å². The van der Waals surface area contributed by atoms with Crippen LogP contribution >= 0.6 is 34.7 Å². The molecule has 0 bridgehead atoms. The highest BCUT2D eigenvalue weighted by atomic mass is 35.5. The highest BCUT2D eigenvalue weighted by molar-refractivity contribution is 7.99. The number of nitrogens with zero attached hydrogens (tertiary/aromatic N) is 2. The van der Waals surface area contributed by atoms with Crippen LogP contribution in [0.4, 0.5) is 0 Å². The van der Waals surface area contributed by atoms with Crippen molar-refractivity contribution in [1.29, 1.82) is 0 Å². The molecule has 0 saturated heterocycles. The maximum absolute atomic E-state index is 5.86. The van der Waals surface area contributed by atoms with E-state index in [2.05, 4.69) is 21.4 Å². The van der Waals surface area contributed by atoms with Crippen molar-refractivity contribution in [2.24, 2.45) is 0 Å². The molecule has 0 atom stereocenters. The molecule has 3 nitrogen and oxygen atoms in total. The first-order valence-electron chi connectivity index (χ1n) is 5.60. The van der Waals surface area contributed by atoms with Crippen LogP contribution in [-0.4, -0.2) is 22.3 Å². The van der Waals surface area contributed by atoms with Gasteiger partial charge in [0.15, 0.2) is 5.16 Å². The van der Waals surface area contributed by atoms with Crippen molar-refractivity contribution in [3.63, 3.8) is 0 Å². The van der Waals surface area contributed by atoms with E-state index in [0.29, 0.717) is 0 Å². The van der Waals surface area contributed by atoms with Gasteiger partial charge in [-0.3, -0.25) is 0 Å². The van der Waals surface area contributed by atoms with E-state index in [9.17, 15) is 0 Å². The third kappa shape index (κ3) is 4.57. The smallest absolute Gasteiger partial charge is 0.187 e. The van der Waals surface area contributed by atoms with Gasteiger partial charge >= 0.3 is 0 Å². The Labute approximate surface area is 120 Å². The van der Waals surface area contributed by atoms with E-state index in [4.69, 9.17) is 11.6 Å². The molecule has 0 spiro atoms. The van der Waals surface area contributed by atoms with Crippen molar-refractivity contribution >= 4 is 34.7 Å². The number of nitrogens with one attached hydrogen (secondary N) is 1. The first-order valence-corrected chi connectivity index (χ1v) is 7.78. The minimum atomic E-state index is 0.835. The van der Waals surface area contributed by atoms with Gasteiger partial charge in [-0.1, -0.05) is 23.4 Å². The number of rotatable bonds is 6. The van der Waals surface area contributed by atoms with E-state index in [0.717, 1.165) is 33.9 Å². The van der Waals surface area contributed by atoms with Crippen LogP contribution in [0.3, 0.4) is 0 Å². The van der Waals surface area contributed by atoms with E-state index in [1.807, 2.05) is 25.4 Å². The monoisotopic (exact) mass is 299 g/mol. The molecule has 0 fully saturated rings. The minimum absolute atomic E-state index is 0.835. The molecule has 6 heteroatoms. The van der Waals surface area contributed by atoms with Gasteiger partial charge < -0.3 is 5.32 Å². The van der Waals surface area contributed by atoms with Gasteiger partial charge in [0.2, 0.25) is 0 Å². The van der Waals surface area contributed by atoms with Gasteiger partial charge in [0.1, 0.15) is 0 Å². The molecule has 0 amide bonds. The number of thioether (sulfide) groups is 1. The summed E-state index contributed by atoms with van der Waals surface area (Å²) in [4.78, 5) is 9.75. The van der Waals surface area contributed by atoms with Gasteiger partial charge in [0.25, 0.3) is 0 Å². The molecule has 0 radical (unpaired) electrons. The summed E-state index contributed by atoms with van der Waals surface area (Å²) in [6, 6.07) is 3.98. The normalized spacial score (nSPS) is 10.8.